The molecule has 1 aromatic rings. The van der Waals surface area contributed by atoms with E-state index in [0.29, 0.717) is 6.54 Å². The van der Waals surface area contributed by atoms with E-state index >= 15 is 0 Å². The minimum absolute atomic E-state index is 0.164. The van der Waals surface area contributed by atoms with Gasteiger partial charge >= 0.3 is 0 Å². The molecule has 14 heavy (non-hydrogen) atoms. The summed E-state index contributed by atoms with van der Waals surface area (Å²) in [5.74, 6) is 0. The van der Waals surface area contributed by atoms with Crippen LogP contribution in [0.1, 0.15) is 6.92 Å². The van der Waals surface area contributed by atoms with Gasteiger partial charge in [-0.3, -0.25) is 4.98 Å². The predicted molar refractivity (Wildman–Crippen MR) is 58.8 cm³/mol. The second-order valence-corrected chi connectivity index (χ2v) is 2.99. The maximum Gasteiger partial charge on any atom is 0.0606 e. The highest BCUT2D eigenvalue weighted by Crippen LogP contribution is 2.16. The monoisotopic (exact) mass is 195 g/mol. The van der Waals surface area contributed by atoms with Gasteiger partial charge in [-0.05, 0) is 13.0 Å². The molecule has 1 heterocycles. The normalized spacial score (nSPS) is 9.93. The van der Waals surface area contributed by atoms with Crippen LogP contribution in [0.25, 0.3) is 0 Å². The Morgan fingerprint density at radius 3 is 2.86 bits per heavy atom. The van der Waals surface area contributed by atoms with Crippen molar-refractivity contribution in [1.29, 1.82) is 0 Å². The molecule has 78 valence electrons. The average molecular weight is 195 g/mol. The average Bonchev–Trinajstić information content (AvgIpc) is 2.26. The number of hydrogen-bond donors (Lipinski definition) is 2. The van der Waals surface area contributed by atoms with Gasteiger partial charge in [-0.1, -0.05) is 0 Å². The van der Waals surface area contributed by atoms with Crippen molar-refractivity contribution in [2.75, 3.05) is 37.0 Å². The highest BCUT2D eigenvalue weighted by molar-refractivity contribution is 5.55. The molecule has 0 aliphatic rings. The van der Waals surface area contributed by atoms with Crippen LogP contribution in [0.4, 0.5) is 11.4 Å². The van der Waals surface area contributed by atoms with E-state index in [-0.39, 0.29) is 6.61 Å². The second kappa shape index (κ2) is 5.44. The number of aliphatic hydroxyl groups excluding tert-OH is 1. The van der Waals surface area contributed by atoms with Gasteiger partial charge in [0.15, 0.2) is 0 Å². The third-order valence-corrected chi connectivity index (χ3v) is 2.13. The summed E-state index contributed by atoms with van der Waals surface area (Å²) >= 11 is 0. The molecule has 1 rings (SSSR count). The lowest BCUT2D eigenvalue weighted by Crippen LogP contribution is -2.26. The zero-order valence-corrected chi connectivity index (χ0v) is 8.70. The molecule has 4 heteroatoms. The van der Waals surface area contributed by atoms with Gasteiger partial charge in [0, 0.05) is 20.1 Å². The molecule has 0 radical (unpaired) electrons. The number of aromatic nitrogens is 1. The van der Waals surface area contributed by atoms with Crippen molar-refractivity contribution in [3.63, 3.8) is 0 Å². The summed E-state index contributed by atoms with van der Waals surface area (Å²) in [6.07, 6.45) is 3.58. The summed E-state index contributed by atoms with van der Waals surface area (Å²) in [7, 11) is 1.86. The Labute approximate surface area is 84.6 Å². The van der Waals surface area contributed by atoms with E-state index in [4.69, 9.17) is 5.11 Å². The summed E-state index contributed by atoms with van der Waals surface area (Å²) in [5.41, 5.74) is 2.02. The zero-order valence-electron chi connectivity index (χ0n) is 8.70. The van der Waals surface area contributed by atoms with Gasteiger partial charge in [-0.15, -0.1) is 0 Å². The van der Waals surface area contributed by atoms with Crippen LogP contribution in [-0.4, -0.2) is 36.8 Å². The molecule has 0 aromatic carbocycles. The lowest BCUT2D eigenvalue weighted by molar-refractivity contribution is 0.302. The maximum atomic E-state index is 8.88. The highest BCUT2D eigenvalue weighted by atomic mass is 16.3. The van der Waals surface area contributed by atoms with Crippen LogP contribution in [0.5, 0.6) is 0 Å². The lowest BCUT2D eigenvalue weighted by atomic mass is 10.3. The van der Waals surface area contributed by atoms with E-state index in [9.17, 15) is 0 Å². The Balaban J connectivity index is 2.80. The van der Waals surface area contributed by atoms with Crippen LogP contribution in [0.3, 0.4) is 0 Å². The van der Waals surface area contributed by atoms with Gasteiger partial charge < -0.3 is 15.3 Å². The summed E-state index contributed by atoms with van der Waals surface area (Å²) in [6, 6.07) is 2.02. The first kappa shape index (κ1) is 10.8. The van der Waals surface area contributed by atoms with Crippen molar-refractivity contribution in [1.82, 2.24) is 4.98 Å². The summed E-state index contributed by atoms with van der Waals surface area (Å²) in [5, 5.41) is 11.9. The molecule has 0 fully saturated rings. The fourth-order valence-electron chi connectivity index (χ4n) is 1.33. The van der Waals surface area contributed by atoms with Gasteiger partial charge in [-0.2, -0.15) is 0 Å². The van der Waals surface area contributed by atoms with E-state index in [0.717, 1.165) is 17.9 Å². The molecular weight excluding hydrogens is 178 g/mol. The molecule has 0 aliphatic heterocycles. The molecule has 0 atom stereocenters. The lowest BCUT2D eigenvalue weighted by Gasteiger charge is -2.21. The molecule has 0 saturated heterocycles. The van der Waals surface area contributed by atoms with Crippen molar-refractivity contribution in [3.05, 3.63) is 18.5 Å². The molecule has 0 bridgehead atoms. The van der Waals surface area contributed by atoms with Gasteiger partial charge in [-0.25, -0.2) is 0 Å². The fraction of sp³-hybridized carbons (Fsp3) is 0.500. The van der Waals surface area contributed by atoms with Crippen molar-refractivity contribution in [2.45, 2.75) is 6.92 Å². The number of hydrogen-bond acceptors (Lipinski definition) is 4. The Morgan fingerprint density at radius 1 is 1.50 bits per heavy atom. The number of pyridine rings is 1. The SMILES string of the molecule is CCN(CCO)c1cncc(NC)c1. The third kappa shape index (κ3) is 2.60. The Hall–Kier alpha value is -1.29. The molecule has 0 saturated carbocycles. The molecule has 0 unspecified atom stereocenters. The fourth-order valence-corrected chi connectivity index (χ4v) is 1.33. The van der Waals surface area contributed by atoms with Crippen molar-refractivity contribution in [3.8, 4) is 0 Å². The standard InChI is InChI=1S/C10H17N3O/c1-3-13(4-5-14)10-6-9(11-2)7-12-8-10/h6-8,11,14H,3-5H2,1-2H3. The Morgan fingerprint density at radius 2 is 2.29 bits per heavy atom. The predicted octanol–water partition coefficient (Wildman–Crippen LogP) is 0.942. The second-order valence-electron chi connectivity index (χ2n) is 2.99. The number of rotatable bonds is 5. The molecule has 0 spiro atoms. The topological polar surface area (TPSA) is 48.4 Å². The van der Waals surface area contributed by atoms with Gasteiger partial charge in [0.2, 0.25) is 0 Å². The molecule has 0 amide bonds. The first-order valence-corrected chi connectivity index (χ1v) is 4.80. The van der Waals surface area contributed by atoms with E-state index < -0.39 is 0 Å². The molecular formula is C10H17N3O. The third-order valence-electron chi connectivity index (χ3n) is 2.13. The van der Waals surface area contributed by atoms with E-state index in [1.807, 2.05) is 13.1 Å². The number of nitrogens with zero attached hydrogens (tertiary/aromatic N) is 2. The minimum Gasteiger partial charge on any atom is -0.395 e. The Kier molecular flexibility index (Phi) is 4.19. The molecule has 1 aromatic heterocycles. The minimum atomic E-state index is 0.164. The Bertz CT molecular complexity index is 278. The van der Waals surface area contributed by atoms with Crippen LogP contribution in [0, 0.1) is 0 Å². The largest absolute Gasteiger partial charge is 0.395 e. The number of likely N-dealkylation sites (N-methyl/N-ethyl adjacent to an activating group) is 1. The molecule has 4 nitrogen and oxygen atoms in total. The van der Waals surface area contributed by atoms with Crippen molar-refractivity contribution >= 4 is 11.4 Å². The highest BCUT2D eigenvalue weighted by Gasteiger charge is 2.03. The van der Waals surface area contributed by atoms with Crippen LogP contribution in [0.15, 0.2) is 18.5 Å². The first-order valence-electron chi connectivity index (χ1n) is 4.80. The van der Waals surface area contributed by atoms with Crippen LogP contribution >= 0.6 is 0 Å². The quantitative estimate of drug-likeness (QED) is 0.734. The number of anilines is 2. The molecule has 0 aliphatic carbocycles. The van der Waals surface area contributed by atoms with Gasteiger partial charge in [0.05, 0.1) is 30.4 Å². The first-order chi connectivity index (χ1) is 6.81. The summed E-state index contributed by atoms with van der Waals surface area (Å²) < 4.78 is 0. The van der Waals surface area contributed by atoms with E-state index in [1.54, 1.807) is 12.4 Å². The number of nitrogens with one attached hydrogen (secondary N) is 1. The van der Waals surface area contributed by atoms with Crippen molar-refractivity contribution < 1.29 is 5.11 Å². The molecule has 2 N–H and O–H groups in total. The summed E-state index contributed by atoms with van der Waals surface area (Å²) in [6.45, 7) is 3.74. The van der Waals surface area contributed by atoms with Crippen LogP contribution in [0.2, 0.25) is 0 Å². The van der Waals surface area contributed by atoms with E-state index in [1.165, 1.54) is 0 Å². The van der Waals surface area contributed by atoms with Crippen LogP contribution < -0.4 is 10.2 Å². The maximum absolute atomic E-state index is 8.88. The zero-order chi connectivity index (χ0) is 10.4. The smallest absolute Gasteiger partial charge is 0.0606 e. The van der Waals surface area contributed by atoms with Gasteiger partial charge in [0.1, 0.15) is 0 Å². The number of aliphatic hydroxyl groups is 1. The van der Waals surface area contributed by atoms with Gasteiger partial charge in [0.25, 0.3) is 0 Å². The van der Waals surface area contributed by atoms with Crippen molar-refractivity contribution in [2.24, 2.45) is 0 Å². The summed E-state index contributed by atoms with van der Waals surface area (Å²) in [4.78, 5) is 6.20. The van der Waals surface area contributed by atoms with Crippen LogP contribution in [-0.2, 0) is 0 Å². The van der Waals surface area contributed by atoms with E-state index in [2.05, 4.69) is 22.1 Å².